The third-order valence-electron chi connectivity index (χ3n) is 4.09. The van der Waals surface area contributed by atoms with Crippen LogP contribution in [0.1, 0.15) is 36.7 Å². The molecule has 114 valence electrons. The lowest BCUT2D eigenvalue weighted by molar-refractivity contribution is -0.141. The van der Waals surface area contributed by atoms with E-state index in [1.807, 2.05) is 16.8 Å². The average Bonchev–Trinajstić information content (AvgIpc) is 3.02. The monoisotopic (exact) mass is 308 g/mol. The Morgan fingerprint density at radius 3 is 2.81 bits per heavy atom. The van der Waals surface area contributed by atoms with E-state index in [0.29, 0.717) is 17.4 Å². The second-order valence-corrected chi connectivity index (χ2v) is 6.86. The summed E-state index contributed by atoms with van der Waals surface area (Å²) in [6.07, 6.45) is 5.04. The number of carboxylic acids is 1. The largest absolute Gasteiger partial charge is 0.480 e. The molecule has 2 heterocycles. The molecule has 5 nitrogen and oxygen atoms in total. The van der Waals surface area contributed by atoms with Crippen LogP contribution in [0.3, 0.4) is 0 Å². The summed E-state index contributed by atoms with van der Waals surface area (Å²) in [6, 6.07) is 2.95. The van der Waals surface area contributed by atoms with E-state index in [4.69, 9.17) is 0 Å². The standard InChI is InChI=1S/C15H20N2O3S/c1-2-7-16-8-3-4-11(16)13(18)17-12(15(19)20)9-21-14(17)10-5-6-10/h3-4,8,10,12,14H,2,5-7,9H2,1H3,(H,19,20). The van der Waals surface area contributed by atoms with Crippen molar-refractivity contribution in [3.63, 3.8) is 0 Å². The van der Waals surface area contributed by atoms with Crippen LogP contribution in [0.2, 0.25) is 0 Å². The van der Waals surface area contributed by atoms with Crippen LogP contribution in [-0.4, -0.2) is 43.6 Å². The third kappa shape index (κ3) is 2.69. The first kappa shape index (κ1) is 14.5. The van der Waals surface area contributed by atoms with Gasteiger partial charge in [-0.25, -0.2) is 4.79 Å². The molecule has 6 heteroatoms. The number of carbonyl (C=O) groups excluding carboxylic acids is 1. The second kappa shape index (κ2) is 5.75. The quantitative estimate of drug-likeness (QED) is 0.906. The van der Waals surface area contributed by atoms with Crippen molar-refractivity contribution in [2.45, 2.75) is 44.1 Å². The number of carbonyl (C=O) groups is 2. The number of aliphatic carboxylic acids is 1. The van der Waals surface area contributed by atoms with E-state index in [-0.39, 0.29) is 11.3 Å². The molecule has 2 fully saturated rings. The molecule has 0 bridgehead atoms. The Morgan fingerprint density at radius 1 is 1.43 bits per heavy atom. The minimum atomic E-state index is -0.896. The first-order valence-corrected chi connectivity index (χ1v) is 8.50. The van der Waals surface area contributed by atoms with Crippen LogP contribution in [0, 0.1) is 5.92 Å². The van der Waals surface area contributed by atoms with Crippen LogP contribution >= 0.6 is 11.8 Å². The van der Waals surface area contributed by atoms with Gasteiger partial charge in [0, 0.05) is 18.5 Å². The summed E-state index contributed by atoms with van der Waals surface area (Å²) in [4.78, 5) is 26.0. The lowest BCUT2D eigenvalue weighted by atomic mass is 10.2. The molecule has 1 saturated heterocycles. The fourth-order valence-corrected chi connectivity index (χ4v) is 4.53. The molecule has 1 saturated carbocycles. The highest BCUT2D eigenvalue weighted by molar-refractivity contribution is 8.00. The first-order chi connectivity index (χ1) is 10.1. The van der Waals surface area contributed by atoms with E-state index >= 15 is 0 Å². The van der Waals surface area contributed by atoms with Crippen LogP contribution in [0.25, 0.3) is 0 Å². The molecule has 1 aliphatic carbocycles. The van der Waals surface area contributed by atoms with Gasteiger partial charge in [0.25, 0.3) is 5.91 Å². The van der Waals surface area contributed by atoms with Gasteiger partial charge >= 0.3 is 5.97 Å². The fourth-order valence-electron chi connectivity index (χ4n) is 2.90. The van der Waals surface area contributed by atoms with Crippen LogP contribution < -0.4 is 0 Å². The number of nitrogens with zero attached hydrogens (tertiary/aromatic N) is 2. The highest BCUT2D eigenvalue weighted by atomic mass is 32.2. The van der Waals surface area contributed by atoms with Gasteiger partial charge < -0.3 is 14.6 Å². The van der Waals surface area contributed by atoms with Gasteiger partial charge in [0.1, 0.15) is 11.7 Å². The molecule has 1 amide bonds. The molecule has 1 N–H and O–H groups in total. The number of rotatable bonds is 5. The van der Waals surface area contributed by atoms with Gasteiger partial charge in [-0.05, 0) is 37.3 Å². The molecule has 1 aromatic heterocycles. The fraction of sp³-hybridized carbons (Fsp3) is 0.600. The smallest absolute Gasteiger partial charge is 0.327 e. The van der Waals surface area contributed by atoms with Gasteiger partial charge in [-0.15, -0.1) is 11.8 Å². The number of amides is 1. The maximum Gasteiger partial charge on any atom is 0.327 e. The van der Waals surface area contributed by atoms with Gasteiger partial charge in [0.15, 0.2) is 0 Å². The van der Waals surface area contributed by atoms with E-state index in [1.54, 1.807) is 22.7 Å². The molecule has 0 spiro atoms. The molecule has 0 aromatic carbocycles. The van der Waals surface area contributed by atoms with Crippen LogP contribution in [0.4, 0.5) is 0 Å². The molecule has 2 aliphatic rings. The topological polar surface area (TPSA) is 62.5 Å². The van der Waals surface area contributed by atoms with E-state index in [2.05, 4.69) is 6.92 Å². The van der Waals surface area contributed by atoms with E-state index < -0.39 is 12.0 Å². The summed E-state index contributed by atoms with van der Waals surface area (Å²) >= 11 is 1.62. The van der Waals surface area contributed by atoms with Gasteiger partial charge in [-0.3, -0.25) is 4.79 Å². The van der Waals surface area contributed by atoms with Gasteiger partial charge in [-0.1, -0.05) is 6.92 Å². The SMILES string of the molecule is CCCn1cccc1C(=O)N1C(C(=O)O)CSC1C1CC1. The summed E-state index contributed by atoms with van der Waals surface area (Å²) < 4.78 is 1.92. The summed E-state index contributed by atoms with van der Waals surface area (Å²) in [6.45, 7) is 2.84. The molecular weight excluding hydrogens is 288 g/mol. The van der Waals surface area contributed by atoms with Crippen molar-refractivity contribution in [2.24, 2.45) is 5.92 Å². The lowest BCUT2D eigenvalue weighted by Crippen LogP contribution is -2.46. The van der Waals surface area contributed by atoms with Crippen molar-refractivity contribution >= 4 is 23.6 Å². The number of aryl methyl sites for hydroxylation is 1. The third-order valence-corrected chi connectivity index (χ3v) is 5.55. The Hall–Kier alpha value is -1.43. The summed E-state index contributed by atoms with van der Waals surface area (Å²) in [5.74, 6) is -0.0651. The Kier molecular flexibility index (Phi) is 3.97. The van der Waals surface area contributed by atoms with Crippen molar-refractivity contribution in [1.29, 1.82) is 0 Å². The first-order valence-electron chi connectivity index (χ1n) is 7.45. The molecule has 1 aliphatic heterocycles. The van der Waals surface area contributed by atoms with Crippen LogP contribution in [0.15, 0.2) is 18.3 Å². The summed E-state index contributed by atoms with van der Waals surface area (Å²) in [7, 11) is 0. The molecule has 2 atom stereocenters. The van der Waals surface area contributed by atoms with Crippen molar-refractivity contribution in [3.05, 3.63) is 24.0 Å². The average molecular weight is 308 g/mol. The molecule has 3 rings (SSSR count). The molecule has 2 unspecified atom stereocenters. The molecule has 1 aromatic rings. The Morgan fingerprint density at radius 2 is 2.19 bits per heavy atom. The Balaban J connectivity index is 1.88. The lowest BCUT2D eigenvalue weighted by Gasteiger charge is -2.27. The molecule has 0 radical (unpaired) electrons. The van der Waals surface area contributed by atoms with Gasteiger partial charge in [-0.2, -0.15) is 0 Å². The van der Waals surface area contributed by atoms with Crippen molar-refractivity contribution in [3.8, 4) is 0 Å². The molecular formula is C15H20N2O3S. The van der Waals surface area contributed by atoms with Crippen LogP contribution in [-0.2, 0) is 11.3 Å². The van der Waals surface area contributed by atoms with Crippen LogP contribution in [0.5, 0.6) is 0 Å². The van der Waals surface area contributed by atoms with E-state index in [0.717, 1.165) is 25.8 Å². The summed E-state index contributed by atoms with van der Waals surface area (Å²) in [5, 5.41) is 9.44. The number of thioether (sulfide) groups is 1. The minimum absolute atomic E-state index is 0.0311. The van der Waals surface area contributed by atoms with Crippen molar-refractivity contribution in [1.82, 2.24) is 9.47 Å². The summed E-state index contributed by atoms with van der Waals surface area (Å²) in [5.41, 5.74) is 0.608. The number of hydrogen-bond acceptors (Lipinski definition) is 3. The van der Waals surface area contributed by atoms with Crippen molar-refractivity contribution < 1.29 is 14.7 Å². The second-order valence-electron chi connectivity index (χ2n) is 5.71. The van der Waals surface area contributed by atoms with Gasteiger partial charge in [0.05, 0.1) is 5.37 Å². The Labute approximate surface area is 128 Å². The minimum Gasteiger partial charge on any atom is -0.480 e. The Bertz CT molecular complexity index is 553. The van der Waals surface area contributed by atoms with E-state index in [9.17, 15) is 14.7 Å². The zero-order chi connectivity index (χ0) is 15.0. The number of aromatic nitrogens is 1. The number of hydrogen-bond donors (Lipinski definition) is 1. The highest BCUT2D eigenvalue weighted by Gasteiger charge is 2.48. The van der Waals surface area contributed by atoms with Crippen molar-refractivity contribution in [2.75, 3.05) is 5.75 Å². The predicted molar refractivity (Wildman–Crippen MR) is 81.3 cm³/mol. The normalized spacial score (nSPS) is 25.3. The number of carboxylic acid groups (broad SMARTS) is 1. The zero-order valence-corrected chi connectivity index (χ0v) is 12.9. The predicted octanol–water partition coefficient (Wildman–Crippen LogP) is 2.28. The maximum atomic E-state index is 12.9. The molecule has 21 heavy (non-hydrogen) atoms. The van der Waals surface area contributed by atoms with Gasteiger partial charge in [0.2, 0.25) is 0 Å². The maximum absolute atomic E-state index is 12.9. The zero-order valence-electron chi connectivity index (χ0n) is 12.1. The highest BCUT2D eigenvalue weighted by Crippen LogP contribution is 2.45. The van der Waals surface area contributed by atoms with E-state index in [1.165, 1.54) is 0 Å².